The molecule has 90 valence electrons. The van der Waals surface area contributed by atoms with Crippen LogP contribution >= 0.6 is 22.6 Å². The summed E-state index contributed by atoms with van der Waals surface area (Å²) < 4.78 is 13.7. The second kappa shape index (κ2) is 4.47. The molecule has 17 heavy (non-hydrogen) atoms. The molecule has 0 bridgehead atoms. The number of fused-ring (bicyclic) bond motifs is 1. The molecule has 3 N–H and O–H groups in total. The number of amides is 1. The summed E-state index contributed by atoms with van der Waals surface area (Å²) in [6.07, 6.45) is -0.348. The van der Waals surface area contributed by atoms with Gasteiger partial charge in [-0.2, -0.15) is 0 Å². The van der Waals surface area contributed by atoms with E-state index in [0.29, 0.717) is 14.9 Å². The van der Waals surface area contributed by atoms with Crippen LogP contribution in [-0.2, 0) is 9.59 Å². The van der Waals surface area contributed by atoms with Crippen LogP contribution in [0.4, 0.5) is 15.8 Å². The number of halogens is 2. The molecule has 0 fully saturated rings. The molecule has 1 aliphatic rings. The number of nitrogens with one attached hydrogen (secondary N) is 2. The Balaban J connectivity index is 2.31. The molecule has 0 spiro atoms. The monoisotopic (exact) mass is 350 g/mol. The van der Waals surface area contributed by atoms with Crippen LogP contribution in [0.15, 0.2) is 12.1 Å². The number of carboxylic acids is 1. The van der Waals surface area contributed by atoms with E-state index in [2.05, 4.69) is 10.6 Å². The number of carbonyl (C=O) groups excluding carboxylic acids is 1. The lowest BCUT2D eigenvalue weighted by molar-refractivity contribution is -0.138. The lowest BCUT2D eigenvalue weighted by atomic mass is 10.1. The SMILES string of the molecule is O=C(O)CC1Nc2cc(F)c(I)cc2NC1=O. The molecule has 2 rings (SSSR count). The minimum absolute atomic E-state index is 0.348. The second-order valence-electron chi connectivity index (χ2n) is 3.60. The molecule has 1 aliphatic heterocycles. The average molecular weight is 350 g/mol. The molecule has 1 amide bonds. The molecule has 1 heterocycles. The number of hydrogen-bond acceptors (Lipinski definition) is 3. The van der Waals surface area contributed by atoms with Gasteiger partial charge in [-0.3, -0.25) is 9.59 Å². The molecule has 5 nitrogen and oxygen atoms in total. The second-order valence-corrected chi connectivity index (χ2v) is 4.76. The summed E-state index contributed by atoms with van der Waals surface area (Å²) >= 11 is 1.81. The first-order valence-electron chi connectivity index (χ1n) is 4.75. The van der Waals surface area contributed by atoms with E-state index in [9.17, 15) is 14.0 Å². The molecule has 0 radical (unpaired) electrons. The van der Waals surface area contributed by atoms with Crippen LogP contribution in [-0.4, -0.2) is 23.0 Å². The van der Waals surface area contributed by atoms with Crippen molar-refractivity contribution in [1.82, 2.24) is 0 Å². The van der Waals surface area contributed by atoms with Crippen molar-refractivity contribution in [1.29, 1.82) is 0 Å². The van der Waals surface area contributed by atoms with Gasteiger partial charge in [-0.25, -0.2) is 4.39 Å². The zero-order valence-corrected chi connectivity index (χ0v) is 10.6. The van der Waals surface area contributed by atoms with Crippen molar-refractivity contribution in [2.24, 2.45) is 0 Å². The quantitative estimate of drug-likeness (QED) is 0.709. The Hall–Kier alpha value is -1.38. The molecular weight excluding hydrogens is 342 g/mol. The lowest BCUT2D eigenvalue weighted by Crippen LogP contribution is -2.40. The predicted octanol–water partition coefficient (Wildman–Crippen LogP) is 1.64. The highest BCUT2D eigenvalue weighted by atomic mass is 127. The molecular formula is C10H8FIN2O3. The van der Waals surface area contributed by atoms with Gasteiger partial charge in [-0.05, 0) is 28.7 Å². The Bertz CT molecular complexity index is 507. The van der Waals surface area contributed by atoms with E-state index in [1.807, 2.05) is 22.6 Å². The van der Waals surface area contributed by atoms with Gasteiger partial charge < -0.3 is 15.7 Å². The third-order valence-electron chi connectivity index (χ3n) is 2.34. The van der Waals surface area contributed by atoms with Gasteiger partial charge in [0.2, 0.25) is 5.91 Å². The molecule has 1 atom stereocenters. The topological polar surface area (TPSA) is 78.4 Å². The van der Waals surface area contributed by atoms with Crippen LogP contribution in [0.3, 0.4) is 0 Å². The third-order valence-corrected chi connectivity index (χ3v) is 3.17. The van der Waals surface area contributed by atoms with E-state index < -0.39 is 23.7 Å². The number of anilines is 2. The van der Waals surface area contributed by atoms with Crippen LogP contribution in [0.25, 0.3) is 0 Å². The average Bonchev–Trinajstić information content (AvgIpc) is 2.22. The fraction of sp³-hybridized carbons (Fsp3) is 0.200. The zero-order chi connectivity index (χ0) is 12.6. The normalized spacial score (nSPS) is 18.0. The maximum absolute atomic E-state index is 13.3. The fourth-order valence-electron chi connectivity index (χ4n) is 1.56. The zero-order valence-electron chi connectivity index (χ0n) is 8.46. The highest BCUT2D eigenvalue weighted by Crippen LogP contribution is 2.30. The first kappa shape index (κ1) is 12.1. The van der Waals surface area contributed by atoms with Crippen molar-refractivity contribution in [3.8, 4) is 0 Å². The van der Waals surface area contributed by atoms with Gasteiger partial charge in [0.05, 0.1) is 21.4 Å². The van der Waals surface area contributed by atoms with E-state index >= 15 is 0 Å². The summed E-state index contributed by atoms with van der Waals surface area (Å²) in [5.41, 5.74) is 0.858. The molecule has 0 saturated heterocycles. The van der Waals surface area contributed by atoms with Gasteiger partial charge in [0.15, 0.2) is 0 Å². The van der Waals surface area contributed by atoms with Crippen molar-refractivity contribution in [3.05, 3.63) is 21.5 Å². The Morgan fingerprint density at radius 2 is 2.18 bits per heavy atom. The molecule has 1 aromatic carbocycles. The Morgan fingerprint density at radius 1 is 1.47 bits per heavy atom. The first-order valence-corrected chi connectivity index (χ1v) is 5.83. The number of aliphatic carboxylic acids is 1. The van der Waals surface area contributed by atoms with Crippen molar-refractivity contribution < 1.29 is 19.1 Å². The van der Waals surface area contributed by atoms with Crippen LogP contribution in [0, 0.1) is 9.39 Å². The summed E-state index contributed by atoms with van der Waals surface area (Å²) in [4.78, 5) is 22.1. The van der Waals surface area contributed by atoms with Gasteiger partial charge in [-0.15, -0.1) is 0 Å². The fourth-order valence-corrected chi connectivity index (χ4v) is 2.03. The standard InChI is InChI=1S/C10H8FIN2O3/c11-4-1-6-7(2-5(4)12)14-10(17)8(13-6)3-9(15)16/h1-2,8,13H,3H2,(H,14,17)(H,15,16). The van der Waals surface area contributed by atoms with Gasteiger partial charge in [0.25, 0.3) is 0 Å². The minimum Gasteiger partial charge on any atom is -0.481 e. The molecule has 0 aliphatic carbocycles. The van der Waals surface area contributed by atoms with Crippen LogP contribution < -0.4 is 10.6 Å². The maximum Gasteiger partial charge on any atom is 0.305 e. The van der Waals surface area contributed by atoms with E-state index in [0.717, 1.165) is 0 Å². The summed E-state index contributed by atoms with van der Waals surface area (Å²) in [5.74, 6) is -1.93. The number of rotatable bonds is 2. The molecule has 7 heteroatoms. The van der Waals surface area contributed by atoms with E-state index in [1.165, 1.54) is 12.1 Å². The highest BCUT2D eigenvalue weighted by Gasteiger charge is 2.28. The Kier molecular flexibility index (Phi) is 3.18. The third kappa shape index (κ3) is 2.48. The smallest absolute Gasteiger partial charge is 0.305 e. The van der Waals surface area contributed by atoms with Gasteiger partial charge in [0.1, 0.15) is 11.9 Å². The van der Waals surface area contributed by atoms with Crippen LogP contribution in [0.2, 0.25) is 0 Å². The number of carboxylic acid groups (broad SMARTS) is 1. The highest BCUT2D eigenvalue weighted by molar-refractivity contribution is 14.1. The van der Waals surface area contributed by atoms with Gasteiger partial charge >= 0.3 is 5.97 Å². The summed E-state index contributed by atoms with van der Waals surface area (Å²) in [6.45, 7) is 0. The first-order chi connectivity index (χ1) is 7.97. The largest absolute Gasteiger partial charge is 0.481 e. The number of benzene rings is 1. The van der Waals surface area contributed by atoms with Crippen molar-refractivity contribution >= 4 is 45.8 Å². The van der Waals surface area contributed by atoms with Crippen LogP contribution in [0.1, 0.15) is 6.42 Å². The molecule has 0 saturated carbocycles. The van der Waals surface area contributed by atoms with E-state index in [4.69, 9.17) is 5.11 Å². The Labute approximate surface area is 110 Å². The summed E-state index contributed by atoms with van der Waals surface area (Å²) in [6, 6.07) is 1.86. The van der Waals surface area contributed by atoms with Gasteiger partial charge in [-0.1, -0.05) is 0 Å². The molecule has 1 aromatic rings. The maximum atomic E-state index is 13.3. The van der Waals surface area contributed by atoms with Gasteiger partial charge in [0, 0.05) is 6.07 Å². The van der Waals surface area contributed by atoms with Crippen molar-refractivity contribution in [2.45, 2.75) is 12.5 Å². The number of hydrogen-bond donors (Lipinski definition) is 3. The Morgan fingerprint density at radius 3 is 2.82 bits per heavy atom. The number of carbonyl (C=O) groups is 2. The van der Waals surface area contributed by atoms with E-state index in [1.54, 1.807) is 0 Å². The van der Waals surface area contributed by atoms with Crippen LogP contribution in [0.5, 0.6) is 0 Å². The lowest BCUT2D eigenvalue weighted by Gasteiger charge is -2.26. The van der Waals surface area contributed by atoms with Crippen molar-refractivity contribution in [2.75, 3.05) is 10.6 Å². The van der Waals surface area contributed by atoms with Crippen molar-refractivity contribution in [3.63, 3.8) is 0 Å². The molecule has 0 aromatic heterocycles. The summed E-state index contributed by atoms with van der Waals surface area (Å²) in [7, 11) is 0. The molecule has 1 unspecified atom stereocenters. The predicted molar refractivity (Wildman–Crippen MR) is 67.4 cm³/mol. The minimum atomic E-state index is -1.09. The summed E-state index contributed by atoms with van der Waals surface area (Å²) in [5, 5.41) is 13.9. The van der Waals surface area contributed by atoms with E-state index in [-0.39, 0.29) is 6.42 Å².